The normalized spacial score (nSPS) is 9.56. The molecule has 1 aromatic rings. The first-order valence-electron chi connectivity index (χ1n) is 5.61. The molecule has 1 rings (SSSR count). The molecule has 0 aliphatic carbocycles. The van der Waals surface area contributed by atoms with Gasteiger partial charge in [-0.3, -0.25) is 0 Å². The monoisotopic (exact) mass is 264 g/mol. The minimum Gasteiger partial charge on any atom is -0.211 e. The standard InChI is InChI=1S/C13H13ClN2O2/c1-4-9-11(14)8(3)12(15-6-17)10(5-2)13(9)16-7-18/h4-5H2,1-3H3. The third kappa shape index (κ3) is 2.41. The maximum atomic E-state index is 10.5. The molecule has 0 atom stereocenters. The first kappa shape index (κ1) is 14.3. The fraction of sp³-hybridized carbons (Fsp3) is 0.385. The Balaban J connectivity index is 3.86. The van der Waals surface area contributed by atoms with Crippen LogP contribution in [0.25, 0.3) is 0 Å². The number of hydrogen-bond donors (Lipinski definition) is 0. The molecule has 0 aromatic heterocycles. The van der Waals surface area contributed by atoms with Gasteiger partial charge in [0, 0.05) is 5.56 Å². The van der Waals surface area contributed by atoms with E-state index >= 15 is 0 Å². The summed E-state index contributed by atoms with van der Waals surface area (Å²) in [6, 6.07) is 0. The minimum absolute atomic E-state index is 0.448. The molecule has 4 nitrogen and oxygen atoms in total. The molecule has 18 heavy (non-hydrogen) atoms. The van der Waals surface area contributed by atoms with Crippen molar-refractivity contribution in [1.29, 1.82) is 0 Å². The van der Waals surface area contributed by atoms with Gasteiger partial charge in [0.2, 0.25) is 12.2 Å². The molecule has 0 aliphatic rings. The predicted molar refractivity (Wildman–Crippen MR) is 70.5 cm³/mol. The van der Waals surface area contributed by atoms with Crippen LogP contribution in [0.5, 0.6) is 0 Å². The molecule has 0 bridgehead atoms. The van der Waals surface area contributed by atoms with Crippen molar-refractivity contribution in [2.45, 2.75) is 33.6 Å². The minimum atomic E-state index is 0.448. The topological polar surface area (TPSA) is 58.9 Å². The molecule has 0 radical (unpaired) electrons. The SMILES string of the molecule is CCc1c(Cl)c(C)c(N=C=O)c(CC)c1N=C=O. The molecule has 5 heteroatoms. The van der Waals surface area contributed by atoms with Gasteiger partial charge >= 0.3 is 0 Å². The van der Waals surface area contributed by atoms with Gasteiger partial charge in [-0.05, 0) is 30.9 Å². The van der Waals surface area contributed by atoms with Gasteiger partial charge in [0.05, 0.1) is 16.4 Å². The summed E-state index contributed by atoms with van der Waals surface area (Å²) in [7, 11) is 0. The molecule has 0 saturated carbocycles. The van der Waals surface area contributed by atoms with E-state index in [4.69, 9.17) is 11.6 Å². The largest absolute Gasteiger partial charge is 0.240 e. The molecule has 0 amide bonds. The Hall–Kier alpha value is -1.73. The number of benzene rings is 1. The van der Waals surface area contributed by atoms with Gasteiger partial charge in [-0.1, -0.05) is 25.4 Å². The average Bonchev–Trinajstić information content (AvgIpc) is 2.37. The van der Waals surface area contributed by atoms with E-state index in [0.29, 0.717) is 34.8 Å². The van der Waals surface area contributed by atoms with Gasteiger partial charge in [0.25, 0.3) is 0 Å². The predicted octanol–water partition coefficient (Wildman–Crippen LogP) is 3.71. The Morgan fingerprint density at radius 2 is 1.50 bits per heavy atom. The summed E-state index contributed by atoms with van der Waals surface area (Å²) >= 11 is 6.22. The van der Waals surface area contributed by atoms with Crippen LogP contribution in [-0.4, -0.2) is 12.2 Å². The highest BCUT2D eigenvalue weighted by molar-refractivity contribution is 6.33. The van der Waals surface area contributed by atoms with Crippen LogP contribution in [-0.2, 0) is 22.4 Å². The summed E-state index contributed by atoms with van der Waals surface area (Å²) in [6.45, 7) is 5.60. The van der Waals surface area contributed by atoms with Gasteiger partial charge in [-0.15, -0.1) is 0 Å². The van der Waals surface area contributed by atoms with Gasteiger partial charge in [0.15, 0.2) is 0 Å². The zero-order valence-corrected chi connectivity index (χ0v) is 11.3. The zero-order chi connectivity index (χ0) is 13.7. The molecule has 0 saturated heterocycles. The van der Waals surface area contributed by atoms with Crippen molar-refractivity contribution in [3.05, 3.63) is 21.7 Å². The third-order valence-corrected chi connectivity index (χ3v) is 3.34. The van der Waals surface area contributed by atoms with Gasteiger partial charge in [-0.25, -0.2) is 9.59 Å². The Morgan fingerprint density at radius 1 is 1.00 bits per heavy atom. The van der Waals surface area contributed by atoms with Crippen LogP contribution in [0, 0.1) is 6.92 Å². The molecular formula is C13H13ClN2O2. The summed E-state index contributed by atoms with van der Waals surface area (Å²) in [5.74, 6) is 0. The lowest BCUT2D eigenvalue weighted by Crippen LogP contribution is -1.95. The molecule has 0 aliphatic heterocycles. The van der Waals surface area contributed by atoms with Crippen LogP contribution >= 0.6 is 11.6 Å². The third-order valence-electron chi connectivity index (χ3n) is 2.83. The Bertz CT molecular complexity index is 569. The van der Waals surface area contributed by atoms with Gasteiger partial charge < -0.3 is 0 Å². The summed E-state index contributed by atoms with van der Waals surface area (Å²) in [5, 5.41) is 0.484. The first-order valence-corrected chi connectivity index (χ1v) is 5.99. The molecule has 0 heterocycles. The first-order chi connectivity index (χ1) is 8.62. The van der Waals surface area contributed by atoms with Crippen LogP contribution in [0.4, 0.5) is 11.4 Å². The summed E-state index contributed by atoms with van der Waals surface area (Å²) < 4.78 is 0. The zero-order valence-electron chi connectivity index (χ0n) is 10.5. The van der Waals surface area contributed by atoms with Crippen LogP contribution in [0.1, 0.15) is 30.5 Å². The Labute approximate surface area is 110 Å². The van der Waals surface area contributed by atoms with Gasteiger partial charge in [0.1, 0.15) is 0 Å². The van der Waals surface area contributed by atoms with Gasteiger partial charge in [-0.2, -0.15) is 9.98 Å². The van der Waals surface area contributed by atoms with E-state index in [0.717, 1.165) is 11.1 Å². The van der Waals surface area contributed by atoms with Crippen molar-refractivity contribution in [3.63, 3.8) is 0 Å². The van der Waals surface area contributed by atoms with Crippen molar-refractivity contribution >= 4 is 35.1 Å². The molecule has 1 aromatic carbocycles. The van der Waals surface area contributed by atoms with E-state index in [-0.39, 0.29) is 0 Å². The number of carbonyl (C=O) groups excluding carboxylic acids is 2. The fourth-order valence-electron chi connectivity index (χ4n) is 1.99. The summed E-state index contributed by atoms with van der Waals surface area (Å²) in [4.78, 5) is 28.4. The van der Waals surface area contributed by atoms with E-state index in [2.05, 4.69) is 9.98 Å². The smallest absolute Gasteiger partial charge is 0.211 e. The van der Waals surface area contributed by atoms with Crippen LogP contribution < -0.4 is 0 Å². The molecule has 94 valence electrons. The number of nitrogens with zero attached hydrogens (tertiary/aromatic N) is 2. The van der Waals surface area contributed by atoms with Crippen molar-refractivity contribution < 1.29 is 9.59 Å². The lowest BCUT2D eigenvalue weighted by Gasteiger charge is -2.15. The summed E-state index contributed by atoms with van der Waals surface area (Å²) in [5.41, 5.74) is 3.13. The number of hydrogen-bond acceptors (Lipinski definition) is 4. The number of isocyanates is 2. The maximum Gasteiger partial charge on any atom is 0.240 e. The Kier molecular flexibility index (Phi) is 4.99. The van der Waals surface area contributed by atoms with E-state index in [1.807, 2.05) is 13.8 Å². The molecular weight excluding hydrogens is 252 g/mol. The molecule has 0 fully saturated rings. The van der Waals surface area contributed by atoms with Crippen molar-refractivity contribution in [2.75, 3.05) is 0 Å². The van der Waals surface area contributed by atoms with Crippen molar-refractivity contribution in [1.82, 2.24) is 0 Å². The highest BCUT2D eigenvalue weighted by Crippen LogP contribution is 2.41. The van der Waals surface area contributed by atoms with Crippen molar-refractivity contribution in [2.24, 2.45) is 9.98 Å². The highest BCUT2D eigenvalue weighted by Gasteiger charge is 2.18. The highest BCUT2D eigenvalue weighted by atomic mass is 35.5. The molecule has 0 spiro atoms. The second kappa shape index (κ2) is 6.27. The van der Waals surface area contributed by atoms with Crippen LogP contribution in [0.15, 0.2) is 9.98 Å². The molecule has 0 N–H and O–H groups in total. The second-order valence-corrected chi connectivity index (χ2v) is 4.08. The van der Waals surface area contributed by atoms with E-state index in [1.54, 1.807) is 6.92 Å². The summed E-state index contributed by atoms with van der Waals surface area (Å²) in [6.07, 6.45) is 4.26. The lowest BCUT2D eigenvalue weighted by molar-refractivity contribution is 0.564. The van der Waals surface area contributed by atoms with Crippen LogP contribution in [0.2, 0.25) is 5.02 Å². The van der Waals surface area contributed by atoms with Crippen LogP contribution in [0.3, 0.4) is 0 Å². The average molecular weight is 265 g/mol. The van der Waals surface area contributed by atoms with E-state index in [1.165, 1.54) is 12.2 Å². The fourth-order valence-corrected chi connectivity index (χ4v) is 2.30. The maximum absolute atomic E-state index is 10.5. The second-order valence-electron chi connectivity index (χ2n) is 3.71. The number of aliphatic imine (C=N–C) groups is 2. The lowest BCUT2D eigenvalue weighted by atomic mass is 9.97. The van der Waals surface area contributed by atoms with E-state index in [9.17, 15) is 9.59 Å². The Morgan fingerprint density at radius 3 is 1.94 bits per heavy atom. The number of halogens is 1. The van der Waals surface area contributed by atoms with E-state index < -0.39 is 0 Å². The van der Waals surface area contributed by atoms with Crippen molar-refractivity contribution in [3.8, 4) is 0 Å². The number of rotatable bonds is 4. The quantitative estimate of drug-likeness (QED) is 0.615. The molecule has 0 unspecified atom stereocenters.